The van der Waals surface area contributed by atoms with E-state index in [1.807, 2.05) is 6.07 Å². The number of fused-ring (bicyclic) bond motifs is 1. The maximum Gasteiger partial charge on any atom is 0.306 e. The van der Waals surface area contributed by atoms with Crippen LogP contribution in [0, 0.1) is 15.9 Å². The third kappa shape index (κ3) is 4.07. The zero-order valence-corrected chi connectivity index (χ0v) is 15.9. The Balaban J connectivity index is 1.48. The van der Waals surface area contributed by atoms with Gasteiger partial charge in [0.15, 0.2) is 5.65 Å². The van der Waals surface area contributed by atoms with E-state index in [9.17, 15) is 19.3 Å². The molecule has 0 radical (unpaired) electrons. The largest absolute Gasteiger partial charge is 0.325 e. The molecule has 1 amide bonds. The fourth-order valence-electron chi connectivity index (χ4n) is 2.58. The Morgan fingerprint density at radius 2 is 2.10 bits per heavy atom. The molecule has 0 aliphatic heterocycles. The van der Waals surface area contributed by atoms with Crippen LogP contribution in [0.3, 0.4) is 0 Å². The van der Waals surface area contributed by atoms with E-state index in [1.165, 1.54) is 10.6 Å². The van der Waals surface area contributed by atoms with E-state index in [0.29, 0.717) is 16.5 Å². The van der Waals surface area contributed by atoms with Crippen molar-refractivity contribution in [1.29, 1.82) is 0 Å². The molecule has 150 valence electrons. The van der Waals surface area contributed by atoms with Gasteiger partial charge in [-0.05, 0) is 36.4 Å². The van der Waals surface area contributed by atoms with Crippen molar-refractivity contribution in [2.24, 2.45) is 0 Å². The first kappa shape index (κ1) is 19.4. The first-order chi connectivity index (χ1) is 14.5. The summed E-state index contributed by atoms with van der Waals surface area (Å²) in [5.41, 5.74) is 1.41. The normalized spacial score (nSPS) is 10.8. The molecule has 10 nitrogen and oxygen atoms in total. The number of nitrogens with one attached hydrogen (secondary N) is 1. The maximum absolute atomic E-state index is 13.4. The molecular weight excluding hydrogens is 413 g/mol. The van der Waals surface area contributed by atoms with Gasteiger partial charge in [-0.3, -0.25) is 19.9 Å². The van der Waals surface area contributed by atoms with Crippen LogP contribution in [0.4, 0.5) is 15.8 Å². The van der Waals surface area contributed by atoms with Crippen LogP contribution in [0.2, 0.25) is 0 Å². The van der Waals surface area contributed by atoms with E-state index in [2.05, 4.69) is 25.6 Å². The monoisotopic (exact) mass is 425 g/mol. The molecule has 1 aromatic carbocycles. The Morgan fingerprint density at radius 3 is 2.87 bits per heavy atom. The Labute approximate surface area is 172 Å². The number of nitrogens with zero attached hydrogens (tertiary/aromatic N) is 6. The molecule has 4 aromatic rings. The van der Waals surface area contributed by atoms with Crippen molar-refractivity contribution in [1.82, 2.24) is 24.8 Å². The third-order valence-corrected chi connectivity index (χ3v) is 4.87. The highest BCUT2D eigenvalue weighted by atomic mass is 32.2. The minimum absolute atomic E-state index is 0.0508. The predicted molar refractivity (Wildman–Crippen MR) is 106 cm³/mol. The Hall–Kier alpha value is -3.93. The first-order valence-corrected chi connectivity index (χ1v) is 9.49. The molecule has 0 bridgehead atoms. The van der Waals surface area contributed by atoms with E-state index >= 15 is 0 Å². The summed E-state index contributed by atoms with van der Waals surface area (Å²) in [4.78, 5) is 26.2. The summed E-state index contributed by atoms with van der Waals surface area (Å²) in [6.07, 6.45) is 3.34. The number of halogens is 1. The minimum atomic E-state index is -0.974. The number of pyridine rings is 1. The smallest absolute Gasteiger partial charge is 0.306 e. The summed E-state index contributed by atoms with van der Waals surface area (Å²) in [5, 5.41) is 26.3. The molecule has 30 heavy (non-hydrogen) atoms. The zero-order valence-electron chi connectivity index (χ0n) is 15.1. The molecule has 0 fully saturated rings. The van der Waals surface area contributed by atoms with E-state index < -0.39 is 22.3 Å². The molecule has 4 rings (SSSR count). The molecule has 12 heteroatoms. The van der Waals surface area contributed by atoms with Crippen LogP contribution in [0.25, 0.3) is 16.9 Å². The molecule has 0 saturated carbocycles. The fourth-order valence-corrected chi connectivity index (χ4v) is 3.27. The summed E-state index contributed by atoms with van der Waals surface area (Å²) in [7, 11) is 0. The van der Waals surface area contributed by atoms with Gasteiger partial charge in [0, 0.05) is 29.7 Å². The summed E-state index contributed by atoms with van der Waals surface area (Å²) in [5.74, 6) is -1.47. The number of carbonyl (C=O) groups is 1. The van der Waals surface area contributed by atoms with Gasteiger partial charge in [-0.15, -0.1) is 10.2 Å². The van der Waals surface area contributed by atoms with Crippen molar-refractivity contribution in [3.63, 3.8) is 0 Å². The average molecular weight is 425 g/mol. The summed E-state index contributed by atoms with van der Waals surface area (Å²) in [6.45, 7) is 0. The highest BCUT2D eigenvalue weighted by Gasteiger charge is 2.16. The topological polar surface area (TPSA) is 128 Å². The number of nitro benzene ring substituents is 1. The number of benzene rings is 1. The van der Waals surface area contributed by atoms with Gasteiger partial charge < -0.3 is 5.32 Å². The average Bonchev–Trinajstić information content (AvgIpc) is 3.16. The Kier molecular flexibility index (Phi) is 5.30. The number of carbonyl (C=O) groups excluding carboxylic acids is 1. The van der Waals surface area contributed by atoms with Gasteiger partial charge in [-0.2, -0.15) is 14.0 Å². The lowest BCUT2D eigenvalue weighted by Gasteiger charge is -2.05. The van der Waals surface area contributed by atoms with E-state index in [-0.39, 0.29) is 11.4 Å². The van der Waals surface area contributed by atoms with Crippen molar-refractivity contribution >= 4 is 34.7 Å². The first-order valence-electron chi connectivity index (χ1n) is 8.51. The molecule has 0 aliphatic rings. The van der Waals surface area contributed by atoms with Gasteiger partial charge in [0.1, 0.15) is 0 Å². The number of anilines is 1. The number of hydrogen-bond acceptors (Lipinski definition) is 8. The van der Waals surface area contributed by atoms with Crippen molar-refractivity contribution in [2.45, 2.75) is 5.16 Å². The van der Waals surface area contributed by atoms with Crippen LogP contribution < -0.4 is 5.32 Å². The molecule has 3 heterocycles. The van der Waals surface area contributed by atoms with E-state index in [4.69, 9.17) is 0 Å². The minimum Gasteiger partial charge on any atom is -0.325 e. The van der Waals surface area contributed by atoms with Crippen LogP contribution in [0.15, 0.2) is 60.0 Å². The second-order valence-corrected chi connectivity index (χ2v) is 6.92. The number of rotatable bonds is 6. The van der Waals surface area contributed by atoms with Crippen LogP contribution >= 0.6 is 11.8 Å². The number of thioether (sulfide) groups is 1. The molecule has 0 saturated heterocycles. The van der Waals surface area contributed by atoms with Gasteiger partial charge >= 0.3 is 5.69 Å². The quantitative estimate of drug-likeness (QED) is 0.284. The summed E-state index contributed by atoms with van der Waals surface area (Å²) < 4.78 is 14.9. The standard InChI is InChI=1S/C18H12FN7O3S/c19-13-4-3-12(8-15(13)26(28)29)21-17(27)10-30-18-23-22-16-6-5-14(24-25(16)18)11-2-1-7-20-9-11/h1-9H,10H2,(H,21,27). The molecule has 3 aromatic heterocycles. The SMILES string of the molecule is O=C(CSc1nnc2ccc(-c3cccnc3)nn12)Nc1ccc(F)c([N+](=O)[O-])c1. The van der Waals surface area contributed by atoms with Crippen LogP contribution in [-0.2, 0) is 4.79 Å². The highest BCUT2D eigenvalue weighted by Crippen LogP contribution is 2.23. The number of nitro groups is 1. The number of aromatic nitrogens is 5. The third-order valence-electron chi connectivity index (χ3n) is 3.95. The van der Waals surface area contributed by atoms with Crippen molar-refractivity contribution in [2.75, 3.05) is 11.1 Å². The van der Waals surface area contributed by atoms with Crippen molar-refractivity contribution in [3.05, 3.63) is 70.8 Å². The molecule has 0 spiro atoms. The van der Waals surface area contributed by atoms with Gasteiger partial charge in [0.25, 0.3) is 0 Å². The second kappa shape index (κ2) is 8.21. The maximum atomic E-state index is 13.4. The molecule has 0 unspecified atom stereocenters. The lowest BCUT2D eigenvalue weighted by Crippen LogP contribution is -2.14. The van der Waals surface area contributed by atoms with Crippen molar-refractivity contribution < 1.29 is 14.1 Å². The van der Waals surface area contributed by atoms with Crippen LogP contribution in [0.1, 0.15) is 0 Å². The molecule has 1 N–H and O–H groups in total. The fraction of sp³-hybridized carbons (Fsp3) is 0.0556. The van der Waals surface area contributed by atoms with Gasteiger partial charge in [0.2, 0.25) is 16.9 Å². The second-order valence-electron chi connectivity index (χ2n) is 5.97. The Bertz CT molecular complexity index is 1250. The zero-order chi connectivity index (χ0) is 21.1. The van der Waals surface area contributed by atoms with E-state index in [0.717, 1.165) is 29.5 Å². The van der Waals surface area contributed by atoms with Crippen LogP contribution in [-0.4, -0.2) is 41.4 Å². The van der Waals surface area contributed by atoms with Gasteiger partial charge in [0.05, 0.1) is 16.4 Å². The lowest BCUT2D eigenvalue weighted by atomic mass is 10.2. The lowest BCUT2D eigenvalue weighted by molar-refractivity contribution is -0.387. The summed E-state index contributed by atoms with van der Waals surface area (Å²) >= 11 is 1.09. The Morgan fingerprint density at radius 1 is 1.23 bits per heavy atom. The van der Waals surface area contributed by atoms with Crippen LogP contribution in [0.5, 0.6) is 0 Å². The molecular formula is C18H12FN7O3S. The van der Waals surface area contributed by atoms with E-state index in [1.54, 1.807) is 30.6 Å². The number of hydrogen-bond donors (Lipinski definition) is 1. The van der Waals surface area contributed by atoms with Crippen molar-refractivity contribution in [3.8, 4) is 11.3 Å². The number of amides is 1. The molecule has 0 atom stereocenters. The van der Waals surface area contributed by atoms with Gasteiger partial charge in [-0.25, -0.2) is 0 Å². The highest BCUT2D eigenvalue weighted by molar-refractivity contribution is 7.99. The summed E-state index contributed by atoms with van der Waals surface area (Å²) in [6, 6.07) is 10.4. The molecule has 0 aliphatic carbocycles. The predicted octanol–water partition coefficient (Wildman–Crippen LogP) is 2.96. The van der Waals surface area contributed by atoms with Gasteiger partial charge in [-0.1, -0.05) is 11.8 Å².